The maximum Gasteiger partial charge on any atom is 0.279 e. The highest BCUT2D eigenvalue weighted by Crippen LogP contribution is 2.02. The minimum atomic E-state index is -3.31. The fourth-order valence-electron chi connectivity index (χ4n) is 1.35. The van der Waals surface area contributed by atoms with Crippen LogP contribution in [0.4, 0.5) is 0 Å². The highest BCUT2D eigenvalue weighted by molar-refractivity contribution is 7.87. The molecule has 2 N–H and O–H groups in total. The van der Waals surface area contributed by atoms with Crippen molar-refractivity contribution in [2.45, 2.75) is 39.2 Å². The number of nitrogens with one attached hydrogen (secondary N) is 2. The second-order valence-electron chi connectivity index (χ2n) is 3.91. The highest BCUT2D eigenvalue weighted by Gasteiger charge is 2.19. The van der Waals surface area contributed by atoms with Crippen LogP contribution in [-0.4, -0.2) is 45.9 Å². The minimum absolute atomic E-state index is 0.0387. The number of hydrogen-bond acceptors (Lipinski definition) is 3. The first-order valence-corrected chi connectivity index (χ1v) is 7.30. The van der Waals surface area contributed by atoms with Gasteiger partial charge < -0.3 is 5.32 Å². The van der Waals surface area contributed by atoms with Crippen molar-refractivity contribution in [2.24, 2.45) is 0 Å². The van der Waals surface area contributed by atoms with Crippen LogP contribution >= 0.6 is 0 Å². The van der Waals surface area contributed by atoms with Crippen molar-refractivity contribution in [3.8, 4) is 0 Å². The molecule has 98 valence electrons. The van der Waals surface area contributed by atoms with Crippen LogP contribution in [0.25, 0.3) is 0 Å². The molecule has 0 unspecified atom stereocenters. The number of rotatable bonds is 9. The third-order valence-electron chi connectivity index (χ3n) is 2.61. The molecular formula is C10H25N3O2S. The second kappa shape index (κ2) is 8.00. The van der Waals surface area contributed by atoms with Gasteiger partial charge in [-0.15, -0.1) is 0 Å². The van der Waals surface area contributed by atoms with Gasteiger partial charge >= 0.3 is 0 Å². The molecule has 0 aliphatic heterocycles. The van der Waals surface area contributed by atoms with Crippen LogP contribution < -0.4 is 10.0 Å². The zero-order chi connectivity index (χ0) is 12.6. The Balaban J connectivity index is 4.19. The van der Waals surface area contributed by atoms with Crippen molar-refractivity contribution in [3.63, 3.8) is 0 Å². The molecule has 0 aromatic heterocycles. The molecular weight excluding hydrogens is 226 g/mol. The maximum absolute atomic E-state index is 11.8. The predicted molar refractivity (Wildman–Crippen MR) is 67.6 cm³/mol. The van der Waals surface area contributed by atoms with E-state index in [1.165, 1.54) is 4.31 Å². The number of nitrogens with zero attached hydrogens (tertiary/aromatic N) is 1. The molecule has 0 atom stereocenters. The Labute approximate surface area is 99.8 Å². The van der Waals surface area contributed by atoms with E-state index < -0.39 is 10.2 Å². The highest BCUT2D eigenvalue weighted by atomic mass is 32.2. The van der Waals surface area contributed by atoms with Gasteiger partial charge in [0.05, 0.1) is 0 Å². The minimum Gasteiger partial charge on any atom is -0.320 e. The molecule has 0 aliphatic carbocycles. The van der Waals surface area contributed by atoms with Gasteiger partial charge in [0.2, 0.25) is 0 Å². The largest absolute Gasteiger partial charge is 0.320 e. The monoisotopic (exact) mass is 251 g/mol. The van der Waals surface area contributed by atoms with Gasteiger partial charge in [0, 0.05) is 19.6 Å². The molecule has 0 aromatic carbocycles. The molecule has 16 heavy (non-hydrogen) atoms. The van der Waals surface area contributed by atoms with Crippen molar-refractivity contribution < 1.29 is 8.42 Å². The lowest BCUT2D eigenvalue weighted by Crippen LogP contribution is -2.43. The van der Waals surface area contributed by atoms with Crippen LogP contribution in [0.2, 0.25) is 0 Å². The normalized spacial score (nSPS) is 12.6. The first kappa shape index (κ1) is 15.8. The second-order valence-corrected chi connectivity index (χ2v) is 5.72. The summed E-state index contributed by atoms with van der Waals surface area (Å²) in [6.45, 7) is 5.33. The molecule has 0 saturated heterocycles. The molecule has 5 nitrogen and oxygen atoms in total. The zero-order valence-corrected chi connectivity index (χ0v) is 11.6. The van der Waals surface area contributed by atoms with Gasteiger partial charge in [0.1, 0.15) is 0 Å². The van der Waals surface area contributed by atoms with Gasteiger partial charge in [-0.25, -0.2) is 0 Å². The summed E-state index contributed by atoms with van der Waals surface area (Å²) in [7, 11) is 0.161. The Morgan fingerprint density at radius 2 is 1.81 bits per heavy atom. The van der Waals surface area contributed by atoms with Gasteiger partial charge in [0.15, 0.2) is 0 Å². The predicted octanol–water partition coefficient (Wildman–Crippen LogP) is 0.551. The average molecular weight is 251 g/mol. The van der Waals surface area contributed by atoms with Crippen molar-refractivity contribution in [1.29, 1.82) is 0 Å². The fourth-order valence-corrected chi connectivity index (χ4v) is 2.66. The summed E-state index contributed by atoms with van der Waals surface area (Å²) < 4.78 is 27.8. The average Bonchev–Trinajstić information content (AvgIpc) is 2.26. The Kier molecular flexibility index (Phi) is 7.91. The van der Waals surface area contributed by atoms with E-state index in [2.05, 4.69) is 10.0 Å². The SMILES string of the molecule is CCC(CC)NS(=O)(=O)N(C)CCCNC. The van der Waals surface area contributed by atoms with Crippen LogP contribution in [0.5, 0.6) is 0 Å². The summed E-state index contributed by atoms with van der Waals surface area (Å²) in [6.07, 6.45) is 2.46. The number of hydrogen-bond donors (Lipinski definition) is 2. The van der Waals surface area contributed by atoms with Gasteiger partial charge in [-0.2, -0.15) is 17.4 Å². The van der Waals surface area contributed by atoms with Crippen LogP contribution in [-0.2, 0) is 10.2 Å². The Hall–Kier alpha value is -0.170. The molecule has 0 rings (SSSR count). The quantitative estimate of drug-likeness (QED) is 0.588. The van der Waals surface area contributed by atoms with E-state index in [1.807, 2.05) is 20.9 Å². The van der Waals surface area contributed by atoms with E-state index in [0.717, 1.165) is 25.8 Å². The van der Waals surface area contributed by atoms with Gasteiger partial charge in [0.25, 0.3) is 10.2 Å². The standard InChI is InChI=1S/C10H25N3O2S/c1-5-10(6-2)12-16(14,15)13(4)9-7-8-11-3/h10-12H,5-9H2,1-4H3. The molecule has 0 heterocycles. The summed E-state index contributed by atoms with van der Waals surface area (Å²) in [4.78, 5) is 0. The fraction of sp³-hybridized carbons (Fsp3) is 1.00. The van der Waals surface area contributed by atoms with E-state index in [-0.39, 0.29) is 6.04 Å². The molecule has 0 aromatic rings. The summed E-state index contributed by atoms with van der Waals surface area (Å²) in [5.41, 5.74) is 0. The lowest BCUT2D eigenvalue weighted by Gasteiger charge is -2.21. The van der Waals surface area contributed by atoms with Crippen molar-refractivity contribution in [1.82, 2.24) is 14.3 Å². The van der Waals surface area contributed by atoms with Gasteiger partial charge in [-0.1, -0.05) is 13.8 Å². The Morgan fingerprint density at radius 1 is 1.25 bits per heavy atom. The van der Waals surface area contributed by atoms with E-state index >= 15 is 0 Å². The molecule has 0 saturated carbocycles. The molecule has 0 aliphatic rings. The van der Waals surface area contributed by atoms with Crippen LogP contribution in [0.1, 0.15) is 33.1 Å². The smallest absolute Gasteiger partial charge is 0.279 e. The molecule has 0 radical (unpaired) electrons. The van der Waals surface area contributed by atoms with Gasteiger partial charge in [-0.3, -0.25) is 0 Å². The third-order valence-corrected chi connectivity index (χ3v) is 4.25. The van der Waals surface area contributed by atoms with E-state index in [9.17, 15) is 8.42 Å². The first-order chi connectivity index (χ1) is 7.47. The van der Waals surface area contributed by atoms with Crippen LogP contribution in [0, 0.1) is 0 Å². The molecule has 0 spiro atoms. The summed E-state index contributed by atoms with van der Waals surface area (Å²) in [5.74, 6) is 0. The van der Waals surface area contributed by atoms with E-state index in [1.54, 1.807) is 7.05 Å². The summed E-state index contributed by atoms with van der Waals surface area (Å²) in [5, 5.41) is 3.00. The van der Waals surface area contributed by atoms with Crippen LogP contribution in [0.15, 0.2) is 0 Å². The Morgan fingerprint density at radius 3 is 2.25 bits per heavy atom. The lowest BCUT2D eigenvalue weighted by molar-refractivity contribution is 0.432. The summed E-state index contributed by atoms with van der Waals surface area (Å²) in [6, 6.07) is 0.0387. The first-order valence-electron chi connectivity index (χ1n) is 5.86. The van der Waals surface area contributed by atoms with Crippen molar-refractivity contribution >= 4 is 10.2 Å². The van der Waals surface area contributed by atoms with Crippen molar-refractivity contribution in [2.75, 3.05) is 27.2 Å². The van der Waals surface area contributed by atoms with Crippen LogP contribution in [0.3, 0.4) is 0 Å². The Bertz CT molecular complexity index is 263. The topological polar surface area (TPSA) is 61.4 Å². The van der Waals surface area contributed by atoms with Gasteiger partial charge in [-0.05, 0) is 32.9 Å². The zero-order valence-electron chi connectivity index (χ0n) is 10.8. The summed E-state index contributed by atoms with van der Waals surface area (Å²) >= 11 is 0. The van der Waals surface area contributed by atoms with E-state index in [4.69, 9.17) is 0 Å². The maximum atomic E-state index is 11.8. The molecule has 6 heteroatoms. The third kappa shape index (κ3) is 5.79. The lowest BCUT2D eigenvalue weighted by atomic mass is 10.2. The van der Waals surface area contributed by atoms with Crippen molar-refractivity contribution in [3.05, 3.63) is 0 Å². The molecule has 0 bridgehead atoms. The van der Waals surface area contributed by atoms with E-state index in [0.29, 0.717) is 6.54 Å². The molecule has 0 fully saturated rings. The molecule has 0 amide bonds.